The molecule has 162 valence electrons. The molecule has 0 aliphatic carbocycles. The van der Waals surface area contributed by atoms with Gasteiger partial charge in [-0.3, -0.25) is 14.7 Å². The Bertz CT molecular complexity index is 1340. The number of carbonyl (C=O) groups is 1. The molecule has 1 aliphatic heterocycles. The molecule has 32 heavy (non-hydrogen) atoms. The Morgan fingerprint density at radius 2 is 1.91 bits per heavy atom. The number of hydrogen-bond donors (Lipinski definition) is 1. The van der Waals surface area contributed by atoms with Crippen LogP contribution in [0.2, 0.25) is 0 Å². The SMILES string of the molecule is COc1ccccc1CCC(=O)N1CCc2c(nc3cc(-c4ccccc4)[nH]n3c2=O)C1. The molecule has 2 aromatic carbocycles. The number of nitrogens with zero attached hydrogens (tertiary/aromatic N) is 3. The van der Waals surface area contributed by atoms with Gasteiger partial charge >= 0.3 is 0 Å². The van der Waals surface area contributed by atoms with Crippen molar-refractivity contribution in [3.8, 4) is 17.0 Å². The molecule has 0 atom stereocenters. The van der Waals surface area contributed by atoms with Crippen LogP contribution in [0.3, 0.4) is 0 Å². The average molecular weight is 428 g/mol. The van der Waals surface area contributed by atoms with Crippen molar-refractivity contribution in [1.29, 1.82) is 0 Å². The van der Waals surface area contributed by atoms with E-state index in [9.17, 15) is 9.59 Å². The molecule has 0 saturated carbocycles. The molecule has 7 nitrogen and oxygen atoms in total. The van der Waals surface area contributed by atoms with Gasteiger partial charge in [0.25, 0.3) is 5.56 Å². The van der Waals surface area contributed by atoms with Gasteiger partial charge in [-0.25, -0.2) is 9.50 Å². The molecule has 0 radical (unpaired) electrons. The number of amides is 1. The second-order valence-electron chi connectivity index (χ2n) is 7.95. The summed E-state index contributed by atoms with van der Waals surface area (Å²) in [6, 6.07) is 19.5. The standard InChI is InChI=1S/C25H24N4O3/c1-32-22-10-6-5-9-18(22)11-12-24(30)28-14-13-19-21(16-28)26-23-15-20(27-29(23)25(19)31)17-7-3-2-4-8-17/h2-10,15,27H,11-14,16H2,1H3. The van der Waals surface area contributed by atoms with E-state index in [1.54, 1.807) is 12.0 Å². The number of benzene rings is 2. The van der Waals surface area contributed by atoms with Crippen LogP contribution >= 0.6 is 0 Å². The van der Waals surface area contributed by atoms with Crippen LogP contribution in [0.15, 0.2) is 65.5 Å². The highest BCUT2D eigenvalue weighted by molar-refractivity contribution is 5.77. The number of ether oxygens (including phenoxy) is 1. The molecule has 0 bridgehead atoms. The highest BCUT2D eigenvalue weighted by atomic mass is 16.5. The van der Waals surface area contributed by atoms with Gasteiger partial charge in [-0.05, 0) is 30.0 Å². The van der Waals surface area contributed by atoms with Gasteiger partial charge < -0.3 is 9.64 Å². The number of H-pyrrole nitrogens is 1. The van der Waals surface area contributed by atoms with Crippen molar-refractivity contribution in [1.82, 2.24) is 19.5 Å². The average Bonchev–Trinajstić information content (AvgIpc) is 3.27. The van der Waals surface area contributed by atoms with Gasteiger partial charge in [0, 0.05) is 24.6 Å². The maximum absolute atomic E-state index is 13.0. The molecule has 1 N–H and O–H groups in total. The fraction of sp³-hybridized carbons (Fsp3) is 0.240. The van der Waals surface area contributed by atoms with E-state index in [0.717, 1.165) is 22.6 Å². The van der Waals surface area contributed by atoms with Crippen LogP contribution < -0.4 is 10.3 Å². The lowest BCUT2D eigenvalue weighted by atomic mass is 10.0. The molecule has 7 heteroatoms. The van der Waals surface area contributed by atoms with Crippen LogP contribution in [-0.4, -0.2) is 39.1 Å². The van der Waals surface area contributed by atoms with Crippen molar-refractivity contribution in [2.24, 2.45) is 0 Å². The number of aromatic amines is 1. The number of para-hydroxylation sites is 1. The van der Waals surface area contributed by atoms with Gasteiger partial charge in [-0.2, -0.15) is 0 Å². The Morgan fingerprint density at radius 3 is 2.72 bits per heavy atom. The lowest BCUT2D eigenvalue weighted by Gasteiger charge is -2.27. The minimum atomic E-state index is -0.0895. The van der Waals surface area contributed by atoms with Crippen LogP contribution in [-0.2, 0) is 24.2 Å². The highest BCUT2D eigenvalue weighted by Crippen LogP contribution is 2.22. The number of fused-ring (bicyclic) bond motifs is 2. The molecule has 0 unspecified atom stereocenters. The minimum Gasteiger partial charge on any atom is -0.496 e. The van der Waals surface area contributed by atoms with E-state index in [-0.39, 0.29) is 11.5 Å². The Balaban J connectivity index is 1.36. The van der Waals surface area contributed by atoms with Crippen LogP contribution in [0.5, 0.6) is 5.75 Å². The predicted octanol–water partition coefficient (Wildman–Crippen LogP) is 3.22. The minimum absolute atomic E-state index is 0.0580. The number of rotatable bonds is 5. The van der Waals surface area contributed by atoms with Crippen LogP contribution in [0.4, 0.5) is 0 Å². The van der Waals surface area contributed by atoms with E-state index in [2.05, 4.69) is 5.10 Å². The number of nitrogens with one attached hydrogen (secondary N) is 1. The quantitative estimate of drug-likeness (QED) is 0.529. The summed E-state index contributed by atoms with van der Waals surface area (Å²) in [4.78, 5) is 32.5. The summed E-state index contributed by atoms with van der Waals surface area (Å²) in [7, 11) is 1.64. The number of hydrogen-bond acceptors (Lipinski definition) is 4. The maximum atomic E-state index is 13.0. The van der Waals surface area contributed by atoms with Gasteiger partial charge in [0.15, 0.2) is 5.65 Å². The lowest BCUT2D eigenvalue weighted by Crippen LogP contribution is -2.39. The van der Waals surface area contributed by atoms with E-state index in [1.165, 1.54) is 4.52 Å². The third kappa shape index (κ3) is 3.66. The Labute approximate surface area is 185 Å². The lowest BCUT2D eigenvalue weighted by molar-refractivity contribution is -0.132. The van der Waals surface area contributed by atoms with Crippen molar-refractivity contribution in [3.05, 3.63) is 87.8 Å². The zero-order valence-electron chi connectivity index (χ0n) is 17.9. The number of carbonyl (C=O) groups excluding carboxylic acids is 1. The maximum Gasteiger partial charge on any atom is 0.276 e. The van der Waals surface area contributed by atoms with Gasteiger partial charge in [0.1, 0.15) is 5.75 Å². The van der Waals surface area contributed by atoms with Crippen LogP contribution in [0.25, 0.3) is 16.9 Å². The monoisotopic (exact) mass is 428 g/mol. The van der Waals surface area contributed by atoms with Gasteiger partial charge in [0.05, 0.1) is 25.0 Å². The highest BCUT2D eigenvalue weighted by Gasteiger charge is 2.25. The second-order valence-corrected chi connectivity index (χ2v) is 7.95. The molecule has 4 aromatic rings. The summed E-state index contributed by atoms with van der Waals surface area (Å²) >= 11 is 0. The number of aromatic nitrogens is 3. The van der Waals surface area contributed by atoms with Gasteiger partial charge in [-0.15, -0.1) is 0 Å². The number of aryl methyl sites for hydroxylation is 1. The van der Waals surface area contributed by atoms with Gasteiger partial charge in [-0.1, -0.05) is 48.5 Å². The molecule has 3 heterocycles. The van der Waals surface area contributed by atoms with Crippen LogP contribution in [0, 0.1) is 0 Å². The summed E-state index contributed by atoms with van der Waals surface area (Å²) in [6.45, 7) is 0.880. The molecule has 1 aliphatic rings. The molecule has 1 amide bonds. The Hall–Kier alpha value is -3.87. The zero-order chi connectivity index (χ0) is 22.1. The first-order valence-electron chi connectivity index (χ1n) is 10.7. The second kappa shape index (κ2) is 8.34. The van der Waals surface area contributed by atoms with Crippen LogP contribution in [0.1, 0.15) is 23.2 Å². The largest absolute Gasteiger partial charge is 0.496 e. The van der Waals surface area contributed by atoms with E-state index in [1.807, 2.05) is 60.7 Å². The Kier molecular flexibility index (Phi) is 5.23. The molecular weight excluding hydrogens is 404 g/mol. The van der Waals surface area contributed by atoms with Crippen molar-refractivity contribution >= 4 is 11.6 Å². The number of methoxy groups -OCH3 is 1. The summed E-state index contributed by atoms with van der Waals surface area (Å²) in [5.74, 6) is 0.852. The van der Waals surface area contributed by atoms with Crippen molar-refractivity contribution < 1.29 is 9.53 Å². The fourth-order valence-corrected chi connectivity index (χ4v) is 4.28. The fourth-order valence-electron chi connectivity index (χ4n) is 4.28. The molecule has 5 rings (SSSR count). The van der Waals surface area contributed by atoms with Crippen molar-refractivity contribution in [2.45, 2.75) is 25.8 Å². The predicted molar refractivity (Wildman–Crippen MR) is 122 cm³/mol. The normalized spacial score (nSPS) is 13.2. The Morgan fingerprint density at radius 1 is 1.12 bits per heavy atom. The topological polar surface area (TPSA) is 79.7 Å². The molecule has 0 saturated heterocycles. The molecule has 0 fully saturated rings. The summed E-state index contributed by atoms with van der Waals surface area (Å²) in [5.41, 5.74) is 4.68. The first-order chi connectivity index (χ1) is 15.6. The van der Waals surface area contributed by atoms with E-state index < -0.39 is 0 Å². The van der Waals surface area contributed by atoms with E-state index in [0.29, 0.717) is 49.3 Å². The zero-order valence-corrected chi connectivity index (χ0v) is 17.9. The smallest absolute Gasteiger partial charge is 0.276 e. The first kappa shape index (κ1) is 20.1. The summed E-state index contributed by atoms with van der Waals surface area (Å²) in [6.07, 6.45) is 1.50. The molecule has 2 aromatic heterocycles. The molecule has 0 spiro atoms. The molecular formula is C25H24N4O3. The third-order valence-electron chi connectivity index (χ3n) is 6.00. The first-order valence-corrected chi connectivity index (χ1v) is 10.7. The van der Waals surface area contributed by atoms with Crippen molar-refractivity contribution in [2.75, 3.05) is 13.7 Å². The summed E-state index contributed by atoms with van der Waals surface area (Å²) < 4.78 is 6.88. The third-order valence-corrected chi connectivity index (χ3v) is 6.00. The van der Waals surface area contributed by atoms with E-state index >= 15 is 0 Å². The van der Waals surface area contributed by atoms with Crippen molar-refractivity contribution in [3.63, 3.8) is 0 Å². The van der Waals surface area contributed by atoms with Gasteiger partial charge in [0.2, 0.25) is 5.91 Å². The van der Waals surface area contributed by atoms with E-state index in [4.69, 9.17) is 9.72 Å². The summed E-state index contributed by atoms with van der Waals surface area (Å²) in [5, 5.41) is 3.16.